The molecular formula is C24H30N4O2S2. The van der Waals surface area contributed by atoms with Gasteiger partial charge in [-0.3, -0.25) is 4.79 Å². The minimum absolute atomic E-state index is 0.00487. The Bertz CT molecular complexity index is 1060. The summed E-state index contributed by atoms with van der Waals surface area (Å²) in [5.41, 5.74) is 2.65. The molecule has 0 fully saturated rings. The number of carbonyl (C=O) groups is 1. The summed E-state index contributed by atoms with van der Waals surface area (Å²) in [6.45, 7) is 2.89. The van der Waals surface area contributed by atoms with E-state index in [4.69, 9.17) is 4.74 Å². The average molecular weight is 471 g/mol. The molecule has 1 aliphatic carbocycles. The van der Waals surface area contributed by atoms with Gasteiger partial charge in [0.05, 0.1) is 17.7 Å². The van der Waals surface area contributed by atoms with Crippen LogP contribution >= 0.6 is 23.1 Å². The molecule has 1 N–H and O–H groups in total. The highest BCUT2D eigenvalue weighted by Crippen LogP contribution is 2.38. The molecule has 2 heterocycles. The van der Waals surface area contributed by atoms with Crippen LogP contribution in [-0.4, -0.2) is 40.1 Å². The van der Waals surface area contributed by atoms with Gasteiger partial charge in [0.15, 0.2) is 11.0 Å². The number of nitrogens with zero attached hydrogens (tertiary/aromatic N) is 3. The minimum atomic E-state index is 0.00487. The Balaban J connectivity index is 1.28. The normalized spacial score (nSPS) is 15.4. The Morgan fingerprint density at radius 3 is 2.88 bits per heavy atom. The Labute approximate surface area is 197 Å². The van der Waals surface area contributed by atoms with Crippen LogP contribution in [0, 0.1) is 5.92 Å². The van der Waals surface area contributed by atoms with Crippen molar-refractivity contribution in [3.63, 3.8) is 0 Å². The second-order valence-corrected chi connectivity index (χ2v) is 10.3. The van der Waals surface area contributed by atoms with Gasteiger partial charge in [0, 0.05) is 18.5 Å². The van der Waals surface area contributed by atoms with Crippen molar-refractivity contribution in [3.05, 3.63) is 46.3 Å². The van der Waals surface area contributed by atoms with Crippen LogP contribution in [0.4, 0.5) is 0 Å². The molecule has 3 aromatic rings. The van der Waals surface area contributed by atoms with Gasteiger partial charge in [0.1, 0.15) is 5.75 Å². The molecule has 0 bridgehead atoms. The minimum Gasteiger partial charge on any atom is -0.497 e. The molecule has 1 unspecified atom stereocenters. The van der Waals surface area contributed by atoms with E-state index < -0.39 is 0 Å². The zero-order valence-corrected chi connectivity index (χ0v) is 20.5. The first kappa shape index (κ1) is 22.9. The lowest BCUT2D eigenvalue weighted by atomic mass is 9.87. The molecular weight excluding hydrogens is 440 g/mol. The predicted molar refractivity (Wildman–Crippen MR) is 131 cm³/mol. The highest BCUT2D eigenvalue weighted by Gasteiger charge is 2.22. The molecule has 4 rings (SSSR count). The molecule has 6 nitrogen and oxygen atoms in total. The number of aryl methyl sites for hydroxylation is 1. The summed E-state index contributed by atoms with van der Waals surface area (Å²) in [4.78, 5) is 15.0. The van der Waals surface area contributed by atoms with Gasteiger partial charge in [-0.1, -0.05) is 37.2 Å². The van der Waals surface area contributed by atoms with Crippen LogP contribution in [0.25, 0.3) is 10.7 Å². The van der Waals surface area contributed by atoms with Crippen LogP contribution in [0.2, 0.25) is 0 Å². The lowest BCUT2D eigenvalue weighted by Crippen LogP contribution is -2.27. The van der Waals surface area contributed by atoms with Crippen LogP contribution < -0.4 is 10.1 Å². The van der Waals surface area contributed by atoms with E-state index in [-0.39, 0.29) is 5.91 Å². The third-order valence-electron chi connectivity index (χ3n) is 6.04. The number of ether oxygens (including phenoxy) is 1. The number of hydrogen-bond acceptors (Lipinski definition) is 6. The first-order valence-electron chi connectivity index (χ1n) is 11.1. The van der Waals surface area contributed by atoms with Crippen LogP contribution in [0.15, 0.2) is 35.5 Å². The highest BCUT2D eigenvalue weighted by molar-refractivity contribution is 7.99. The Morgan fingerprint density at radius 1 is 1.31 bits per heavy atom. The van der Waals surface area contributed by atoms with Crippen molar-refractivity contribution < 1.29 is 9.53 Å². The third kappa shape index (κ3) is 5.35. The van der Waals surface area contributed by atoms with Gasteiger partial charge in [-0.15, -0.1) is 21.5 Å². The molecule has 170 valence electrons. The maximum Gasteiger partial charge on any atom is 0.230 e. The molecule has 0 saturated carbocycles. The van der Waals surface area contributed by atoms with Gasteiger partial charge in [-0.25, -0.2) is 0 Å². The fourth-order valence-corrected chi connectivity index (χ4v) is 6.00. The van der Waals surface area contributed by atoms with E-state index in [0.717, 1.165) is 29.1 Å². The van der Waals surface area contributed by atoms with Crippen LogP contribution in [0.1, 0.15) is 35.8 Å². The molecule has 8 heteroatoms. The number of fused-ring (bicyclic) bond motifs is 1. The number of aromatic nitrogens is 3. The van der Waals surface area contributed by atoms with E-state index in [1.807, 2.05) is 47.2 Å². The monoisotopic (exact) mass is 470 g/mol. The lowest BCUT2D eigenvalue weighted by Gasteiger charge is -2.19. The van der Waals surface area contributed by atoms with Crippen molar-refractivity contribution in [2.24, 2.45) is 13.0 Å². The fraction of sp³-hybridized carbons (Fsp3) is 0.458. The zero-order chi connectivity index (χ0) is 22.5. The average Bonchev–Trinajstić information content (AvgIpc) is 3.40. The number of thiophene rings is 1. The molecule has 0 radical (unpaired) electrons. The second-order valence-electron chi connectivity index (χ2n) is 8.18. The van der Waals surface area contributed by atoms with Gasteiger partial charge in [0.2, 0.25) is 5.91 Å². The Hall–Kier alpha value is -2.32. The number of methoxy groups -OCH3 is 1. The molecule has 1 amide bonds. The summed E-state index contributed by atoms with van der Waals surface area (Å²) in [5.74, 6) is 2.86. The van der Waals surface area contributed by atoms with Gasteiger partial charge in [0.25, 0.3) is 0 Å². The van der Waals surface area contributed by atoms with Gasteiger partial charge >= 0.3 is 0 Å². The van der Waals surface area contributed by atoms with E-state index >= 15 is 0 Å². The molecule has 0 saturated heterocycles. The maximum atomic E-state index is 12.3. The van der Waals surface area contributed by atoms with Crippen molar-refractivity contribution >= 4 is 29.0 Å². The number of carbonyl (C=O) groups excluding carboxylic acids is 1. The maximum absolute atomic E-state index is 12.3. The zero-order valence-electron chi connectivity index (χ0n) is 18.9. The number of thioether (sulfide) groups is 1. The van der Waals surface area contributed by atoms with E-state index in [1.165, 1.54) is 58.3 Å². The summed E-state index contributed by atoms with van der Waals surface area (Å²) >= 11 is 3.27. The molecule has 32 heavy (non-hydrogen) atoms. The van der Waals surface area contributed by atoms with Crippen molar-refractivity contribution in [2.45, 2.75) is 44.2 Å². The number of amides is 1. The van der Waals surface area contributed by atoms with Crippen molar-refractivity contribution in [1.29, 1.82) is 0 Å². The Kier molecular flexibility index (Phi) is 7.52. The smallest absolute Gasteiger partial charge is 0.230 e. The molecule has 1 atom stereocenters. The summed E-state index contributed by atoms with van der Waals surface area (Å²) in [6, 6.07) is 10.2. The standard InChI is InChI=1S/C24H30N4O2S2/c1-4-16-7-10-20-18(13-16)14-21(32-20)23-26-27-24(28(23)2)31-15-22(29)25-12-11-17-5-8-19(30-3)9-6-17/h5-6,8-9,14,16H,4,7,10-13,15H2,1-3H3,(H,25,29). The van der Waals surface area contributed by atoms with Gasteiger partial charge < -0.3 is 14.6 Å². The van der Waals surface area contributed by atoms with E-state index in [2.05, 4.69) is 28.5 Å². The molecule has 0 aliphatic heterocycles. The number of rotatable bonds is 9. The topological polar surface area (TPSA) is 69.0 Å². The van der Waals surface area contributed by atoms with E-state index in [9.17, 15) is 4.79 Å². The number of nitrogens with one attached hydrogen (secondary N) is 1. The largest absolute Gasteiger partial charge is 0.497 e. The fourth-order valence-electron chi connectivity index (χ4n) is 4.03. The van der Waals surface area contributed by atoms with Crippen molar-refractivity contribution in [1.82, 2.24) is 20.1 Å². The quantitative estimate of drug-likeness (QED) is 0.466. The van der Waals surface area contributed by atoms with Crippen molar-refractivity contribution in [2.75, 3.05) is 19.4 Å². The third-order valence-corrected chi connectivity index (χ3v) is 8.30. The summed E-state index contributed by atoms with van der Waals surface area (Å²) in [6.07, 6.45) is 5.68. The number of hydrogen-bond donors (Lipinski definition) is 1. The predicted octanol–water partition coefficient (Wildman–Crippen LogP) is 4.52. The van der Waals surface area contributed by atoms with Gasteiger partial charge in [-0.2, -0.15) is 0 Å². The van der Waals surface area contributed by atoms with E-state index in [0.29, 0.717) is 12.3 Å². The van der Waals surface area contributed by atoms with E-state index in [1.54, 1.807) is 7.11 Å². The van der Waals surface area contributed by atoms with Crippen LogP contribution in [-0.2, 0) is 31.1 Å². The lowest BCUT2D eigenvalue weighted by molar-refractivity contribution is -0.118. The molecule has 2 aromatic heterocycles. The summed E-state index contributed by atoms with van der Waals surface area (Å²) in [7, 11) is 3.63. The van der Waals surface area contributed by atoms with Crippen molar-refractivity contribution in [3.8, 4) is 16.5 Å². The first-order chi connectivity index (χ1) is 15.6. The second kappa shape index (κ2) is 10.5. The van der Waals surface area contributed by atoms with Gasteiger partial charge in [-0.05, 0) is 60.9 Å². The van der Waals surface area contributed by atoms with Crippen LogP contribution in [0.5, 0.6) is 5.75 Å². The SMILES string of the molecule is CCC1CCc2sc(-c3nnc(SCC(=O)NCCc4ccc(OC)cc4)n3C)cc2C1. The highest BCUT2D eigenvalue weighted by atomic mass is 32.2. The first-order valence-corrected chi connectivity index (χ1v) is 12.9. The summed E-state index contributed by atoms with van der Waals surface area (Å²) in [5, 5.41) is 12.5. The molecule has 0 spiro atoms. The Morgan fingerprint density at radius 2 is 2.12 bits per heavy atom. The molecule has 1 aliphatic rings. The summed E-state index contributed by atoms with van der Waals surface area (Å²) < 4.78 is 7.17. The molecule has 1 aromatic carbocycles. The van der Waals surface area contributed by atoms with Crippen LogP contribution in [0.3, 0.4) is 0 Å². The number of benzene rings is 1.